The summed E-state index contributed by atoms with van der Waals surface area (Å²) in [5.74, 6) is 0. The van der Waals surface area contributed by atoms with E-state index < -0.39 is 0 Å². The number of nitrogens with zero attached hydrogens (tertiary/aromatic N) is 3. The van der Waals surface area contributed by atoms with Crippen LogP contribution in [0.2, 0.25) is 0 Å². The van der Waals surface area contributed by atoms with Crippen LogP contribution in [0.1, 0.15) is 0 Å². The summed E-state index contributed by atoms with van der Waals surface area (Å²) in [5.41, 5.74) is 4.37. The highest BCUT2D eigenvalue weighted by atomic mass is 32.1. The van der Waals surface area contributed by atoms with Crippen molar-refractivity contribution in [3.8, 4) is 17.1 Å². The van der Waals surface area contributed by atoms with Gasteiger partial charge in [-0.05, 0) is 107 Å². The lowest BCUT2D eigenvalue weighted by Gasteiger charge is -2.11. The molecule has 1 fully saturated rings. The minimum absolute atomic E-state index is 0.101. The van der Waals surface area contributed by atoms with Gasteiger partial charge in [0.15, 0.2) is 14.3 Å². The van der Waals surface area contributed by atoms with Gasteiger partial charge in [0.25, 0.3) is 16.7 Å². The summed E-state index contributed by atoms with van der Waals surface area (Å²) in [5, 5.41) is 8.13. The molecule has 11 nitrogen and oxygen atoms in total. The van der Waals surface area contributed by atoms with Crippen molar-refractivity contribution >= 4 is 102 Å². The van der Waals surface area contributed by atoms with E-state index in [0.29, 0.717) is 30.5 Å². The topological polar surface area (TPSA) is 132 Å². The summed E-state index contributed by atoms with van der Waals surface area (Å²) in [4.78, 5) is 48.0. The number of fused-ring (bicyclic) bond motifs is 6. The highest BCUT2D eigenvalue weighted by molar-refractivity contribution is 7.71. The van der Waals surface area contributed by atoms with Crippen molar-refractivity contribution in [1.29, 1.82) is 0 Å². The molecule has 13 rings (SSSR count). The molecule has 72 heavy (non-hydrogen) atoms. The average Bonchev–Trinajstić information content (AvgIpc) is 3.42. The third kappa shape index (κ3) is 9.64. The molecular formula is C58H44N6O5S3. The summed E-state index contributed by atoms with van der Waals surface area (Å²) >= 11 is 16.3. The highest BCUT2D eigenvalue weighted by Gasteiger charge is 2.13. The Hall–Kier alpha value is -8.24. The Labute approximate surface area is 426 Å². The van der Waals surface area contributed by atoms with Crippen molar-refractivity contribution in [3.63, 3.8) is 0 Å². The second-order valence-electron chi connectivity index (χ2n) is 16.6. The van der Waals surface area contributed by atoms with Gasteiger partial charge in [0.1, 0.15) is 0 Å². The molecule has 3 N–H and O–H groups in total. The van der Waals surface area contributed by atoms with Gasteiger partial charge in [-0.3, -0.25) is 28.1 Å². The van der Waals surface area contributed by atoms with Gasteiger partial charge in [-0.15, -0.1) is 0 Å². The first-order chi connectivity index (χ1) is 35.3. The van der Waals surface area contributed by atoms with Gasteiger partial charge >= 0.3 is 0 Å². The highest BCUT2D eigenvalue weighted by Crippen LogP contribution is 2.25. The Morgan fingerprint density at radius 2 is 0.542 bits per heavy atom. The number of para-hydroxylation sites is 3. The normalized spacial score (nSPS) is 12.2. The molecule has 0 radical (unpaired) electrons. The maximum absolute atomic E-state index is 12.9. The summed E-state index contributed by atoms with van der Waals surface area (Å²) in [6, 6.07) is 63.8. The number of ether oxygens (including phenoxy) is 2. The van der Waals surface area contributed by atoms with E-state index in [1.807, 2.05) is 200 Å². The summed E-state index contributed by atoms with van der Waals surface area (Å²) in [6.07, 6.45) is 0. The summed E-state index contributed by atoms with van der Waals surface area (Å²) in [6.45, 7) is 3.11. The fourth-order valence-corrected chi connectivity index (χ4v) is 9.67. The van der Waals surface area contributed by atoms with Gasteiger partial charge in [-0.1, -0.05) is 146 Å². The van der Waals surface area contributed by atoms with Crippen molar-refractivity contribution in [2.45, 2.75) is 0 Å². The molecular weight excluding hydrogens is 957 g/mol. The molecule has 12 aromatic rings. The molecule has 1 saturated heterocycles. The maximum Gasteiger partial charge on any atom is 0.266 e. The lowest BCUT2D eigenvalue weighted by atomic mass is 10.1. The minimum atomic E-state index is -0.101. The standard InChI is InChI=1S/3C18H12N2OS.C4H8O2/c3*21-17-14-9-3-4-10-15(14)19-18(22)20(17)16-11-5-7-12-6-1-2-8-13(12)16;1-2-6-4-3-5-1/h3*1-11H,(H,19,22);1-4H2. The van der Waals surface area contributed by atoms with Crippen molar-refractivity contribution in [1.82, 2.24) is 28.7 Å². The fourth-order valence-electron chi connectivity index (χ4n) is 8.79. The van der Waals surface area contributed by atoms with Crippen LogP contribution in [0.4, 0.5) is 0 Å². The van der Waals surface area contributed by atoms with Gasteiger partial charge in [-0.25, -0.2) is 0 Å². The number of nitrogens with one attached hydrogen (secondary N) is 3. The zero-order valence-electron chi connectivity index (χ0n) is 38.5. The van der Waals surface area contributed by atoms with Gasteiger partial charge in [0, 0.05) is 16.2 Å². The predicted molar refractivity (Wildman–Crippen MR) is 298 cm³/mol. The zero-order valence-corrected chi connectivity index (χ0v) is 40.9. The Balaban J connectivity index is 0.000000117. The van der Waals surface area contributed by atoms with Gasteiger partial charge in [-0.2, -0.15) is 0 Å². The van der Waals surface area contributed by atoms with Crippen LogP contribution >= 0.6 is 36.7 Å². The van der Waals surface area contributed by atoms with Crippen LogP contribution in [0.3, 0.4) is 0 Å². The van der Waals surface area contributed by atoms with Crippen LogP contribution in [0.5, 0.6) is 0 Å². The van der Waals surface area contributed by atoms with Gasteiger partial charge in [0.05, 0.1) is 76.2 Å². The van der Waals surface area contributed by atoms with E-state index in [1.54, 1.807) is 13.7 Å². The van der Waals surface area contributed by atoms with Crippen LogP contribution in [-0.4, -0.2) is 55.1 Å². The fraction of sp³-hybridized carbons (Fsp3) is 0.0690. The lowest BCUT2D eigenvalue weighted by Crippen LogP contribution is -2.20. The van der Waals surface area contributed by atoms with Crippen LogP contribution < -0.4 is 16.7 Å². The molecule has 0 spiro atoms. The van der Waals surface area contributed by atoms with Crippen LogP contribution in [-0.2, 0) is 9.47 Å². The molecule has 4 heterocycles. The Morgan fingerprint density at radius 1 is 0.306 bits per heavy atom. The minimum Gasteiger partial charge on any atom is -0.377 e. The van der Waals surface area contributed by atoms with E-state index in [2.05, 4.69) is 15.0 Å². The van der Waals surface area contributed by atoms with E-state index in [9.17, 15) is 14.4 Å². The Bertz CT molecular complexity index is 3900. The number of benzene rings is 9. The number of H-pyrrole nitrogens is 3. The van der Waals surface area contributed by atoms with E-state index in [1.165, 1.54) is 0 Å². The van der Waals surface area contributed by atoms with Crippen LogP contribution in [0.25, 0.3) is 82.1 Å². The van der Waals surface area contributed by atoms with Crippen molar-refractivity contribution < 1.29 is 9.47 Å². The van der Waals surface area contributed by atoms with E-state index in [-0.39, 0.29) is 16.7 Å². The molecule has 0 atom stereocenters. The monoisotopic (exact) mass is 1000 g/mol. The molecule has 3 aromatic heterocycles. The second kappa shape index (κ2) is 21.4. The second-order valence-corrected chi connectivity index (χ2v) is 17.7. The van der Waals surface area contributed by atoms with E-state index >= 15 is 0 Å². The molecule has 1 aliphatic heterocycles. The average molecular weight is 1000 g/mol. The third-order valence-corrected chi connectivity index (χ3v) is 13.0. The molecule has 354 valence electrons. The SMILES string of the molecule is C1COCCO1.O=c1c2ccccc2[nH]c(=S)n1-c1cccc2ccccc12.O=c1c2ccccc2[nH]c(=S)n1-c1cccc2ccccc12.O=c1c2ccccc2[nH]c(=S)n1-c1cccc2ccccc12. The molecule has 0 aliphatic carbocycles. The van der Waals surface area contributed by atoms with Crippen LogP contribution in [0.15, 0.2) is 215 Å². The third-order valence-electron chi connectivity index (χ3n) is 12.2. The molecule has 1 aliphatic rings. The molecule has 0 bridgehead atoms. The summed E-state index contributed by atoms with van der Waals surface area (Å²) in [7, 11) is 0. The Morgan fingerprint density at radius 3 is 0.819 bits per heavy atom. The molecule has 14 heteroatoms. The zero-order chi connectivity index (χ0) is 49.6. The summed E-state index contributed by atoms with van der Waals surface area (Å²) < 4.78 is 15.8. The largest absolute Gasteiger partial charge is 0.377 e. The number of hydrogen-bond acceptors (Lipinski definition) is 8. The maximum atomic E-state index is 12.9. The van der Waals surface area contributed by atoms with Crippen molar-refractivity contribution in [2.24, 2.45) is 0 Å². The first-order valence-corrected chi connectivity index (χ1v) is 24.3. The van der Waals surface area contributed by atoms with Crippen LogP contribution in [0, 0.1) is 14.3 Å². The van der Waals surface area contributed by atoms with Gasteiger partial charge in [0.2, 0.25) is 0 Å². The van der Waals surface area contributed by atoms with Crippen molar-refractivity contribution in [3.05, 3.63) is 246 Å². The van der Waals surface area contributed by atoms with Crippen molar-refractivity contribution in [2.75, 3.05) is 26.4 Å². The molecule has 0 amide bonds. The molecule has 9 aromatic carbocycles. The quantitative estimate of drug-likeness (QED) is 0.149. The number of rotatable bonds is 3. The van der Waals surface area contributed by atoms with Gasteiger partial charge < -0.3 is 24.4 Å². The van der Waals surface area contributed by atoms with E-state index in [4.69, 9.17) is 46.1 Å². The first kappa shape index (κ1) is 47.4. The Kier molecular flexibility index (Phi) is 14.1. The first-order valence-electron chi connectivity index (χ1n) is 23.1. The number of aromatic amines is 3. The number of aromatic nitrogens is 6. The molecule has 0 unspecified atom stereocenters. The van der Waals surface area contributed by atoms with E-state index in [0.717, 1.165) is 92.4 Å². The molecule has 0 saturated carbocycles. The lowest BCUT2D eigenvalue weighted by molar-refractivity contribution is -0.0334. The number of hydrogen-bond donors (Lipinski definition) is 3. The predicted octanol–water partition coefficient (Wildman–Crippen LogP) is 12.6. The smallest absolute Gasteiger partial charge is 0.266 e.